The average Bonchev–Trinajstić information content (AvgIpc) is 3.40. The first-order chi connectivity index (χ1) is 12.2. The number of pyridine rings is 1. The van der Waals surface area contributed by atoms with Gasteiger partial charge in [-0.2, -0.15) is 10.2 Å². The summed E-state index contributed by atoms with van der Waals surface area (Å²) in [5.74, 6) is 0.0761. The van der Waals surface area contributed by atoms with Crippen LogP contribution in [0.4, 0.5) is 10.5 Å². The third kappa shape index (κ3) is 3.28. The molecule has 0 unspecified atom stereocenters. The van der Waals surface area contributed by atoms with E-state index < -0.39 is 0 Å². The second-order valence-electron chi connectivity index (χ2n) is 6.30. The number of nitrogens with one attached hydrogen (secondary N) is 2. The number of likely N-dealkylation sites (tertiary alicyclic amines) is 1. The molecule has 4 rings (SSSR count). The fourth-order valence-electron chi connectivity index (χ4n) is 3.31. The largest absolute Gasteiger partial charge is 0.332 e. The summed E-state index contributed by atoms with van der Waals surface area (Å²) in [5.41, 5.74) is 1.49. The first-order valence-corrected chi connectivity index (χ1v) is 8.27. The number of hydrogen-bond acceptors (Lipinski definition) is 5. The maximum Gasteiger partial charge on any atom is 0.319 e. The highest BCUT2D eigenvalue weighted by molar-refractivity contribution is 5.90. The van der Waals surface area contributed by atoms with Gasteiger partial charge >= 0.3 is 6.03 Å². The van der Waals surface area contributed by atoms with E-state index in [1.165, 1.54) is 12.4 Å². The molecular weight excluding hydrogens is 320 g/mol. The van der Waals surface area contributed by atoms with Gasteiger partial charge in [0.2, 0.25) is 5.91 Å². The molecule has 0 aromatic carbocycles. The van der Waals surface area contributed by atoms with E-state index in [4.69, 9.17) is 0 Å². The Morgan fingerprint density at radius 3 is 2.72 bits per heavy atom. The van der Waals surface area contributed by atoms with E-state index in [2.05, 4.69) is 25.8 Å². The molecule has 0 bridgehead atoms. The number of aromatic nitrogens is 3. The lowest BCUT2D eigenvalue weighted by Gasteiger charge is -2.28. The van der Waals surface area contributed by atoms with Crippen LogP contribution in [0.2, 0.25) is 0 Å². The van der Waals surface area contributed by atoms with Crippen LogP contribution in [-0.2, 0) is 4.79 Å². The second-order valence-corrected chi connectivity index (χ2v) is 6.30. The van der Waals surface area contributed by atoms with Crippen LogP contribution in [0.1, 0.15) is 30.9 Å². The van der Waals surface area contributed by atoms with Gasteiger partial charge in [0.25, 0.3) is 0 Å². The predicted molar refractivity (Wildman–Crippen MR) is 89.4 cm³/mol. The van der Waals surface area contributed by atoms with Gasteiger partial charge in [0.15, 0.2) is 0 Å². The quantitative estimate of drug-likeness (QED) is 0.880. The van der Waals surface area contributed by atoms with E-state index in [0.29, 0.717) is 5.69 Å². The van der Waals surface area contributed by atoms with Crippen molar-refractivity contribution in [2.24, 2.45) is 0 Å². The first-order valence-electron chi connectivity index (χ1n) is 8.27. The van der Waals surface area contributed by atoms with Gasteiger partial charge in [-0.05, 0) is 30.5 Å². The molecule has 128 valence electrons. The van der Waals surface area contributed by atoms with Crippen LogP contribution in [0.5, 0.6) is 0 Å². The fraction of sp³-hybridized carbons (Fsp3) is 0.353. The van der Waals surface area contributed by atoms with Crippen molar-refractivity contribution in [3.63, 3.8) is 0 Å². The lowest BCUT2D eigenvalue weighted by Crippen LogP contribution is -2.42. The van der Waals surface area contributed by atoms with Gasteiger partial charge in [-0.25, -0.2) is 4.79 Å². The van der Waals surface area contributed by atoms with Crippen molar-refractivity contribution in [1.29, 1.82) is 0 Å². The predicted octanol–water partition coefficient (Wildman–Crippen LogP) is 1.50. The minimum Gasteiger partial charge on any atom is -0.332 e. The number of amides is 3. The Morgan fingerprint density at radius 2 is 2.04 bits per heavy atom. The summed E-state index contributed by atoms with van der Waals surface area (Å²) in [6.45, 7) is 0. The normalized spacial score (nSPS) is 22.7. The zero-order chi connectivity index (χ0) is 17.2. The molecule has 1 aliphatic carbocycles. The van der Waals surface area contributed by atoms with Crippen LogP contribution in [-0.4, -0.2) is 44.1 Å². The molecule has 2 N–H and O–H groups in total. The molecule has 3 heterocycles. The molecule has 2 aromatic rings. The zero-order valence-electron chi connectivity index (χ0n) is 13.5. The van der Waals surface area contributed by atoms with E-state index in [1.54, 1.807) is 18.5 Å². The molecule has 0 radical (unpaired) electrons. The van der Waals surface area contributed by atoms with Gasteiger partial charge < -0.3 is 15.5 Å². The van der Waals surface area contributed by atoms with E-state index in [-0.39, 0.29) is 36.5 Å². The number of nitrogens with zero attached hydrogens (tertiary/aromatic N) is 4. The van der Waals surface area contributed by atoms with Crippen LogP contribution in [0, 0.1) is 0 Å². The van der Waals surface area contributed by atoms with Crippen LogP contribution in [0.25, 0.3) is 0 Å². The Labute approximate surface area is 144 Å². The molecule has 8 nitrogen and oxygen atoms in total. The first kappa shape index (κ1) is 15.5. The topological polar surface area (TPSA) is 100 Å². The number of carbonyl (C=O) groups excluding carboxylic acids is 2. The van der Waals surface area contributed by atoms with E-state index in [9.17, 15) is 9.59 Å². The Morgan fingerprint density at radius 1 is 1.16 bits per heavy atom. The number of carbonyl (C=O) groups is 2. The molecule has 2 fully saturated rings. The third-order valence-electron chi connectivity index (χ3n) is 4.49. The van der Waals surface area contributed by atoms with Gasteiger partial charge in [-0.1, -0.05) is 6.07 Å². The van der Waals surface area contributed by atoms with Crippen molar-refractivity contribution in [2.45, 2.75) is 37.4 Å². The lowest BCUT2D eigenvalue weighted by atomic mass is 10.0. The van der Waals surface area contributed by atoms with Crippen LogP contribution in [0.15, 0.2) is 43.0 Å². The smallest absolute Gasteiger partial charge is 0.319 e. The monoisotopic (exact) mass is 338 g/mol. The number of urea groups is 1. The maximum absolute atomic E-state index is 12.5. The highest BCUT2D eigenvalue weighted by atomic mass is 16.2. The van der Waals surface area contributed by atoms with E-state index >= 15 is 0 Å². The maximum atomic E-state index is 12.5. The van der Waals surface area contributed by atoms with E-state index in [1.807, 2.05) is 17.0 Å². The summed E-state index contributed by atoms with van der Waals surface area (Å²) in [7, 11) is 0. The Bertz CT molecular complexity index is 765. The summed E-state index contributed by atoms with van der Waals surface area (Å²) in [5, 5.41) is 13.0. The Hall–Kier alpha value is -3.03. The molecule has 1 saturated carbocycles. The fourth-order valence-corrected chi connectivity index (χ4v) is 3.31. The molecule has 1 aliphatic heterocycles. The Kier molecular flexibility index (Phi) is 4.01. The molecule has 8 heteroatoms. The van der Waals surface area contributed by atoms with Crippen molar-refractivity contribution < 1.29 is 9.59 Å². The third-order valence-corrected chi connectivity index (χ3v) is 4.49. The van der Waals surface area contributed by atoms with Crippen molar-refractivity contribution in [3.8, 4) is 0 Å². The minimum atomic E-state index is -0.364. The van der Waals surface area contributed by atoms with Crippen molar-refractivity contribution in [2.75, 3.05) is 5.32 Å². The van der Waals surface area contributed by atoms with Crippen LogP contribution < -0.4 is 10.6 Å². The Balaban J connectivity index is 1.53. The van der Waals surface area contributed by atoms with Crippen molar-refractivity contribution in [3.05, 3.63) is 48.5 Å². The van der Waals surface area contributed by atoms with Gasteiger partial charge in [0.1, 0.15) is 0 Å². The van der Waals surface area contributed by atoms with Gasteiger partial charge in [0.05, 0.1) is 30.2 Å². The van der Waals surface area contributed by atoms with Gasteiger partial charge in [-0.15, -0.1) is 0 Å². The van der Waals surface area contributed by atoms with Crippen molar-refractivity contribution >= 4 is 17.6 Å². The molecule has 3 amide bonds. The molecule has 0 spiro atoms. The molecule has 2 aromatic heterocycles. The van der Waals surface area contributed by atoms with Crippen LogP contribution >= 0.6 is 0 Å². The summed E-state index contributed by atoms with van der Waals surface area (Å²) < 4.78 is 0. The van der Waals surface area contributed by atoms with Crippen LogP contribution in [0.3, 0.4) is 0 Å². The van der Waals surface area contributed by atoms with Crippen molar-refractivity contribution in [1.82, 2.24) is 25.4 Å². The summed E-state index contributed by atoms with van der Waals surface area (Å²) >= 11 is 0. The van der Waals surface area contributed by atoms with Gasteiger partial charge in [-0.3, -0.25) is 9.78 Å². The average molecular weight is 338 g/mol. The van der Waals surface area contributed by atoms with Gasteiger partial charge in [0, 0.05) is 24.9 Å². The summed E-state index contributed by atoms with van der Waals surface area (Å²) in [6.07, 6.45) is 8.76. The second kappa shape index (κ2) is 6.46. The molecular formula is C17H18N6O2. The highest BCUT2D eigenvalue weighted by Gasteiger charge is 2.47. The zero-order valence-corrected chi connectivity index (χ0v) is 13.5. The molecule has 2 aliphatic rings. The lowest BCUT2D eigenvalue weighted by molar-refractivity contribution is -0.129. The number of hydrogen-bond donors (Lipinski definition) is 2. The highest BCUT2D eigenvalue weighted by Crippen LogP contribution is 2.41. The molecule has 2 atom stereocenters. The number of rotatable bonds is 4. The number of anilines is 1. The molecule has 1 saturated heterocycles. The molecule has 25 heavy (non-hydrogen) atoms. The summed E-state index contributed by atoms with van der Waals surface area (Å²) in [4.78, 5) is 30.9. The minimum absolute atomic E-state index is 0.0761. The summed E-state index contributed by atoms with van der Waals surface area (Å²) in [6, 6.07) is 4.88. The standard InChI is InChI=1S/C17H18N6O2/c24-15-8-14(22-17(25)21-12-5-7-19-20-10-12)16(23(15)13-3-4-13)11-2-1-6-18-9-11/h1-2,5-7,9-10,13-14,16H,3-4,8H2,(H2,19,21,22,25)/t14-,16+/m1/s1. The van der Waals surface area contributed by atoms with E-state index in [0.717, 1.165) is 18.4 Å². The SMILES string of the molecule is O=C(Nc1ccnnc1)N[C@@H]1CC(=O)N(C2CC2)[C@H]1c1cccnc1.